The molecule has 4 rings (SSSR count). The molecule has 0 unspecified atom stereocenters. The van der Waals surface area contributed by atoms with Crippen LogP contribution in [-0.4, -0.2) is 35.7 Å². The highest BCUT2D eigenvalue weighted by Crippen LogP contribution is 2.47. The van der Waals surface area contributed by atoms with Crippen LogP contribution in [0.1, 0.15) is 38.3 Å². The van der Waals surface area contributed by atoms with Crippen molar-refractivity contribution in [1.29, 1.82) is 0 Å². The van der Waals surface area contributed by atoms with E-state index in [-0.39, 0.29) is 0 Å². The van der Waals surface area contributed by atoms with E-state index < -0.39 is 0 Å². The topological polar surface area (TPSA) is 53.7 Å². The zero-order chi connectivity index (χ0) is 17.1. The SMILES string of the molecule is CCNC(=NCc1cc(-c2ccccc2)on1)N1CCC2(CCC2)C1. The Hall–Kier alpha value is -2.30. The van der Waals surface area contributed by atoms with Crippen molar-refractivity contribution in [2.45, 2.75) is 39.2 Å². The quantitative estimate of drug-likeness (QED) is 0.682. The summed E-state index contributed by atoms with van der Waals surface area (Å²) in [6.07, 6.45) is 5.46. The highest BCUT2D eigenvalue weighted by molar-refractivity contribution is 5.80. The van der Waals surface area contributed by atoms with Crippen LogP contribution in [-0.2, 0) is 6.54 Å². The van der Waals surface area contributed by atoms with Gasteiger partial charge in [0.2, 0.25) is 0 Å². The van der Waals surface area contributed by atoms with Crippen molar-refractivity contribution in [3.05, 3.63) is 42.1 Å². The minimum atomic E-state index is 0.544. The Bertz CT molecular complexity index is 733. The number of hydrogen-bond donors (Lipinski definition) is 1. The minimum Gasteiger partial charge on any atom is -0.357 e. The van der Waals surface area contributed by atoms with E-state index in [9.17, 15) is 0 Å². The molecule has 0 radical (unpaired) electrons. The number of likely N-dealkylation sites (tertiary alicyclic amines) is 1. The number of nitrogens with zero attached hydrogens (tertiary/aromatic N) is 3. The molecule has 5 heteroatoms. The zero-order valence-corrected chi connectivity index (χ0v) is 14.9. The smallest absolute Gasteiger partial charge is 0.194 e. The first kappa shape index (κ1) is 16.2. The van der Waals surface area contributed by atoms with Gasteiger partial charge in [-0.05, 0) is 31.6 Å². The second-order valence-corrected chi connectivity index (χ2v) is 7.24. The fourth-order valence-corrected chi connectivity index (χ4v) is 3.91. The average Bonchev–Trinajstić information content (AvgIpc) is 3.26. The van der Waals surface area contributed by atoms with Crippen LogP contribution in [0.25, 0.3) is 11.3 Å². The fourth-order valence-electron chi connectivity index (χ4n) is 3.91. The van der Waals surface area contributed by atoms with Crippen molar-refractivity contribution >= 4 is 5.96 Å². The minimum absolute atomic E-state index is 0.544. The largest absolute Gasteiger partial charge is 0.357 e. The Kier molecular flexibility index (Phi) is 4.47. The molecule has 0 amide bonds. The van der Waals surface area contributed by atoms with Gasteiger partial charge in [-0.2, -0.15) is 0 Å². The Balaban J connectivity index is 1.44. The highest BCUT2D eigenvalue weighted by atomic mass is 16.5. The van der Waals surface area contributed by atoms with Crippen molar-refractivity contribution in [2.75, 3.05) is 19.6 Å². The van der Waals surface area contributed by atoms with Gasteiger partial charge in [0.05, 0.1) is 6.54 Å². The lowest BCUT2D eigenvalue weighted by Gasteiger charge is -2.38. The molecule has 2 aliphatic rings. The van der Waals surface area contributed by atoms with E-state index in [1.807, 2.05) is 36.4 Å². The molecule has 1 saturated heterocycles. The van der Waals surface area contributed by atoms with Crippen molar-refractivity contribution in [3.63, 3.8) is 0 Å². The second-order valence-electron chi connectivity index (χ2n) is 7.24. The maximum absolute atomic E-state index is 5.47. The van der Waals surface area contributed by atoms with Gasteiger partial charge in [0.25, 0.3) is 0 Å². The van der Waals surface area contributed by atoms with Gasteiger partial charge in [0.15, 0.2) is 11.7 Å². The third-order valence-electron chi connectivity index (χ3n) is 5.50. The van der Waals surface area contributed by atoms with Crippen LogP contribution >= 0.6 is 0 Å². The maximum atomic E-state index is 5.47. The van der Waals surface area contributed by atoms with Gasteiger partial charge in [0.1, 0.15) is 5.69 Å². The molecule has 1 aromatic heterocycles. The summed E-state index contributed by atoms with van der Waals surface area (Å²) in [5.41, 5.74) is 2.49. The van der Waals surface area contributed by atoms with Crippen molar-refractivity contribution in [1.82, 2.24) is 15.4 Å². The standard InChI is InChI=1S/C20H26N4O/c1-2-21-19(24-12-11-20(15-24)9-6-10-20)22-14-17-13-18(25-23-17)16-7-4-3-5-8-16/h3-5,7-8,13H,2,6,9-12,14-15H2,1H3,(H,21,22). The molecule has 1 aliphatic carbocycles. The first-order chi connectivity index (χ1) is 12.3. The number of guanidine groups is 1. The number of rotatable bonds is 4. The van der Waals surface area contributed by atoms with Crippen LogP contribution in [0.4, 0.5) is 0 Å². The maximum Gasteiger partial charge on any atom is 0.194 e. The third kappa shape index (κ3) is 3.41. The molecule has 132 valence electrons. The molecule has 2 fully saturated rings. The molecule has 2 heterocycles. The lowest BCUT2D eigenvalue weighted by molar-refractivity contribution is 0.151. The van der Waals surface area contributed by atoms with E-state index in [4.69, 9.17) is 9.52 Å². The third-order valence-corrected chi connectivity index (χ3v) is 5.50. The van der Waals surface area contributed by atoms with Gasteiger partial charge in [0, 0.05) is 31.3 Å². The number of benzene rings is 1. The molecule has 2 aromatic rings. The van der Waals surface area contributed by atoms with Gasteiger partial charge in [-0.25, -0.2) is 4.99 Å². The van der Waals surface area contributed by atoms with Gasteiger partial charge >= 0.3 is 0 Å². The van der Waals surface area contributed by atoms with Crippen LogP contribution in [0.5, 0.6) is 0 Å². The summed E-state index contributed by atoms with van der Waals surface area (Å²) in [6, 6.07) is 12.0. The molecular formula is C20H26N4O. The normalized spacial score (nSPS) is 19.2. The molecule has 1 spiro atoms. The molecule has 5 nitrogen and oxygen atoms in total. The first-order valence-electron chi connectivity index (χ1n) is 9.32. The summed E-state index contributed by atoms with van der Waals surface area (Å²) in [4.78, 5) is 7.22. The van der Waals surface area contributed by atoms with Crippen LogP contribution in [0.3, 0.4) is 0 Å². The van der Waals surface area contributed by atoms with Gasteiger partial charge in [-0.15, -0.1) is 0 Å². The number of aromatic nitrogens is 1. The lowest BCUT2D eigenvalue weighted by atomic mass is 9.68. The summed E-state index contributed by atoms with van der Waals surface area (Å²) in [5.74, 6) is 1.81. The van der Waals surface area contributed by atoms with E-state index in [0.29, 0.717) is 12.0 Å². The van der Waals surface area contributed by atoms with Crippen molar-refractivity contribution in [2.24, 2.45) is 10.4 Å². The summed E-state index contributed by atoms with van der Waals surface area (Å²) >= 11 is 0. The van der Waals surface area contributed by atoms with Gasteiger partial charge in [-0.3, -0.25) is 0 Å². The Morgan fingerprint density at radius 3 is 2.80 bits per heavy atom. The Labute approximate surface area is 149 Å². The Morgan fingerprint density at radius 2 is 2.12 bits per heavy atom. The molecule has 1 aliphatic heterocycles. The van der Waals surface area contributed by atoms with Crippen LogP contribution < -0.4 is 5.32 Å². The van der Waals surface area contributed by atoms with E-state index in [1.165, 1.54) is 25.7 Å². The van der Waals surface area contributed by atoms with Crippen LogP contribution in [0.2, 0.25) is 0 Å². The van der Waals surface area contributed by atoms with E-state index >= 15 is 0 Å². The Morgan fingerprint density at radius 1 is 1.28 bits per heavy atom. The summed E-state index contributed by atoms with van der Waals surface area (Å²) in [5, 5.41) is 7.62. The first-order valence-corrected chi connectivity index (χ1v) is 9.32. The fraction of sp³-hybridized carbons (Fsp3) is 0.500. The van der Waals surface area contributed by atoms with Gasteiger partial charge in [-0.1, -0.05) is 41.9 Å². The predicted molar refractivity (Wildman–Crippen MR) is 99.2 cm³/mol. The zero-order valence-electron chi connectivity index (χ0n) is 14.9. The molecule has 25 heavy (non-hydrogen) atoms. The molecule has 1 aromatic carbocycles. The summed E-state index contributed by atoms with van der Waals surface area (Å²) in [6.45, 7) is 5.81. The second kappa shape index (κ2) is 6.90. The van der Waals surface area contributed by atoms with Crippen molar-refractivity contribution in [3.8, 4) is 11.3 Å². The molecule has 1 N–H and O–H groups in total. The summed E-state index contributed by atoms with van der Waals surface area (Å²) < 4.78 is 5.47. The monoisotopic (exact) mass is 338 g/mol. The van der Waals surface area contributed by atoms with E-state index in [2.05, 4.69) is 22.3 Å². The number of aliphatic imine (C=N–C) groups is 1. The van der Waals surface area contributed by atoms with E-state index in [0.717, 1.165) is 42.6 Å². The molecular weight excluding hydrogens is 312 g/mol. The van der Waals surface area contributed by atoms with Crippen LogP contribution in [0.15, 0.2) is 45.9 Å². The van der Waals surface area contributed by atoms with E-state index in [1.54, 1.807) is 0 Å². The van der Waals surface area contributed by atoms with Crippen LogP contribution in [0, 0.1) is 5.41 Å². The number of nitrogens with one attached hydrogen (secondary N) is 1. The van der Waals surface area contributed by atoms with Crippen molar-refractivity contribution < 1.29 is 4.52 Å². The molecule has 0 bridgehead atoms. The highest BCUT2D eigenvalue weighted by Gasteiger charge is 2.43. The van der Waals surface area contributed by atoms with Gasteiger partial charge < -0.3 is 14.7 Å². The molecule has 1 saturated carbocycles. The molecule has 0 atom stereocenters. The summed E-state index contributed by atoms with van der Waals surface area (Å²) in [7, 11) is 0. The lowest BCUT2D eigenvalue weighted by Crippen LogP contribution is -2.42. The number of hydrogen-bond acceptors (Lipinski definition) is 3. The predicted octanol–water partition coefficient (Wildman–Crippen LogP) is 3.68. The average molecular weight is 338 g/mol.